The highest BCUT2D eigenvalue weighted by Crippen LogP contribution is 2.43. The largest absolute Gasteiger partial charge is 0.768 e. The molecular weight excluding hydrogens is 1580 g/mol. The third-order valence-corrected chi connectivity index (χ3v) is 25.5. The number of nitrogens with zero attached hydrogens (tertiary/aromatic N) is 10. The molecule has 113 heavy (non-hydrogen) atoms. The third-order valence-electron chi connectivity index (χ3n) is 19.4. The maximum absolute atomic E-state index is 12.8. The molecule has 0 aliphatic carbocycles. The zero-order chi connectivity index (χ0) is 81.0. The van der Waals surface area contributed by atoms with E-state index in [0.29, 0.717) is 91.0 Å². The molecule has 27 nitrogen and oxygen atoms in total. The quantitative estimate of drug-likeness (QED) is 0.0218. The van der Waals surface area contributed by atoms with E-state index in [1.54, 1.807) is 110 Å². The van der Waals surface area contributed by atoms with Crippen LogP contribution in [0.3, 0.4) is 0 Å². The lowest BCUT2D eigenvalue weighted by atomic mass is 9.99. The summed E-state index contributed by atoms with van der Waals surface area (Å²) in [6.45, 7) is 20.7. The SMILES string of the molecule is CNC.COc1cc(N2CCC(N3CCCCC3)CC2)ccc1Nc1ncc(Cl)c(Nc2ccccc2P(C)(C)=O)n1.COc1cc(N2CCC(N3CCOCC3)CC2)ccc1Nc1ncc(Cl)c(Nc2ccc(P(C)(C)=O)cc2OC)n1.COc1cc(P(C)(C)=O)ccc1Nc1ncc(Cl)c(Nc2ccccc2S(=O)[O-])n1. The number of aromatic nitrogens is 6. The monoisotopic (exact) mass is 1680 g/mol. The summed E-state index contributed by atoms with van der Waals surface area (Å²) in [5.74, 6) is 4.47. The molecule has 0 saturated carbocycles. The van der Waals surface area contributed by atoms with Gasteiger partial charge in [-0.2, -0.15) is 15.0 Å². The number of hydrogen-bond acceptors (Lipinski definition) is 27. The van der Waals surface area contributed by atoms with Crippen molar-refractivity contribution in [2.24, 2.45) is 0 Å². The van der Waals surface area contributed by atoms with Gasteiger partial charge in [0.05, 0.1) is 94.4 Å². The van der Waals surface area contributed by atoms with Gasteiger partial charge in [0.15, 0.2) is 17.5 Å². The average Bonchev–Trinajstić information content (AvgIpc) is 0.811. The Morgan fingerprint density at radius 3 is 1.19 bits per heavy atom. The zero-order valence-electron chi connectivity index (χ0n) is 65.9. The van der Waals surface area contributed by atoms with Gasteiger partial charge in [-0.05, 0) is 202 Å². The van der Waals surface area contributed by atoms with E-state index in [-0.39, 0.29) is 21.7 Å². The minimum atomic E-state index is -2.50. The van der Waals surface area contributed by atoms with Crippen LogP contribution in [0.2, 0.25) is 15.1 Å². The lowest BCUT2D eigenvalue weighted by Crippen LogP contribution is -2.49. The van der Waals surface area contributed by atoms with Gasteiger partial charge < -0.3 is 93.8 Å². The molecule has 4 aliphatic rings. The summed E-state index contributed by atoms with van der Waals surface area (Å²) in [7, 11) is 2.78. The molecule has 1 atom stereocenters. The lowest BCUT2D eigenvalue weighted by Gasteiger charge is -2.41. The number of nitrogens with one attached hydrogen (secondary N) is 7. The van der Waals surface area contributed by atoms with Crippen LogP contribution < -0.4 is 81.9 Å². The Balaban J connectivity index is 0.000000179. The summed E-state index contributed by atoms with van der Waals surface area (Å²) in [5.41, 5.74) is 6.07. The van der Waals surface area contributed by atoms with Crippen LogP contribution in [0.1, 0.15) is 44.9 Å². The van der Waals surface area contributed by atoms with Gasteiger partial charge in [0, 0.05) is 95.7 Å². The number of morpholine rings is 1. The molecule has 0 radical (unpaired) electrons. The molecule has 1 unspecified atom stereocenters. The molecule has 13 rings (SSSR count). The van der Waals surface area contributed by atoms with Gasteiger partial charge in [-0.1, -0.05) is 65.5 Å². The fraction of sp³-hybridized carbons (Fsp3) is 0.392. The number of likely N-dealkylation sites (tertiary alicyclic amines) is 1. The van der Waals surface area contributed by atoms with Crippen LogP contribution in [0, 0.1) is 0 Å². The summed E-state index contributed by atoms with van der Waals surface area (Å²) >= 11 is 16.6. The Morgan fingerprint density at radius 2 is 0.796 bits per heavy atom. The topological polar surface area (TPSA) is 312 Å². The molecule has 34 heteroatoms. The normalized spacial score (nSPS) is 15.5. The number of benzene rings is 6. The lowest BCUT2D eigenvalue weighted by molar-refractivity contribution is 0.0115. The van der Waals surface area contributed by atoms with Crippen LogP contribution in [0.5, 0.6) is 23.0 Å². The molecule has 9 aromatic rings. The van der Waals surface area contributed by atoms with Crippen molar-refractivity contribution < 1.29 is 46.1 Å². The van der Waals surface area contributed by atoms with Crippen molar-refractivity contribution in [2.75, 3.05) is 190 Å². The number of para-hydroxylation sites is 2. The molecular formula is C79H102Cl3N17O10P3S-. The van der Waals surface area contributed by atoms with E-state index in [0.717, 1.165) is 104 Å². The Hall–Kier alpha value is -8.33. The van der Waals surface area contributed by atoms with Crippen LogP contribution in [0.15, 0.2) is 145 Å². The smallest absolute Gasteiger partial charge is 0.229 e. The minimum absolute atomic E-state index is 0.0857. The van der Waals surface area contributed by atoms with Crippen molar-refractivity contribution in [1.29, 1.82) is 0 Å². The van der Waals surface area contributed by atoms with E-state index in [1.807, 2.05) is 62.6 Å². The molecule has 3 aromatic heterocycles. The summed E-state index contributed by atoms with van der Waals surface area (Å²) in [5, 5.41) is 24.8. The highest BCUT2D eigenvalue weighted by molar-refractivity contribution is 7.79. The molecule has 6 aromatic carbocycles. The summed E-state index contributed by atoms with van der Waals surface area (Å²) in [6, 6.07) is 38.2. The van der Waals surface area contributed by atoms with Crippen molar-refractivity contribution >= 4 is 164 Å². The van der Waals surface area contributed by atoms with Gasteiger partial charge in [0.25, 0.3) is 0 Å². The van der Waals surface area contributed by atoms with Crippen LogP contribution >= 0.6 is 56.2 Å². The van der Waals surface area contributed by atoms with E-state index in [9.17, 15) is 22.5 Å². The number of hydrogen-bond donors (Lipinski definition) is 7. The van der Waals surface area contributed by atoms with Gasteiger partial charge in [-0.25, -0.2) is 15.0 Å². The first kappa shape index (κ1) is 87.1. The number of piperidine rings is 3. The number of anilines is 14. The molecule has 0 spiro atoms. The molecule has 0 amide bonds. The Kier molecular flexibility index (Phi) is 31.4. The van der Waals surface area contributed by atoms with Crippen molar-refractivity contribution in [3.8, 4) is 23.0 Å². The standard InChI is InChI=1S/C29H38ClN6O4P.C29H38ClN6O2P.C19H20ClN4O4PS.C2H7N/c1-38-26-17-21(35-11-9-20(10-12-35)36-13-15-40-16-14-36)5-7-25(26)33-29-31-19-23(30)28(34-29)32-24-8-6-22(41(3,4)37)18-27(24)39-2;1-38-26-19-22(36-17-13-21(14-18-36)35-15-7-4-8-16-35)11-12-24(26)33-29-31-20-23(30)28(34-29)32-25-9-5-6-10-27(25)39(2,3)37;1-28-16-10-12(29(2,3)25)8-9-14(16)23-19-21-11-13(20)18(24-19)22-15-6-4-5-7-17(15)30(26)27;1-3-2/h5-8,17-20H,9-16H2,1-4H3,(H2,31,32,33,34);5-6,9-12,19-21H,4,7-8,13-18H2,1-3H3,(H2,31,32,33,34);4-11H,1-3H3,(H,26,27)(H2,21,22,23,24);3H,1-2H3/p-1. The second kappa shape index (κ2) is 40.8. The van der Waals surface area contributed by atoms with Crippen molar-refractivity contribution in [3.63, 3.8) is 0 Å². The summed E-state index contributed by atoms with van der Waals surface area (Å²) in [6.07, 6.45) is 13.2. The highest BCUT2D eigenvalue weighted by Gasteiger charge is 2.29. The van der Waals surface area contributed by atoms with Crippen molar-refractivity contribution in [1.82, 2.24) is 45.0 Å². The summed E-state index contributed by atoms with van der Waals surface area (Å²) in [4.78, 5) is 36.6. The molecule has 4 aliphatic heterocycles. The molecule has 606 valence electrons. The molecule has 7 N–H and O–H groups in total. The number of rotatable bonds is 24. The molecule has 7 heterocycles. The van der Waals surface area contributed by atoms with Gasteiger partial charge in [-0.3, -0.25) is 9.11 Å². The Bertz CT molecular complexity index is 4870. The van der Waals surface area contributed by atoms with E-state index in [1.165, 1.54) is 70.8 Å². The first-order valence-electron chi connectivity index (χ1n) is 37.2. The van der Waals surface area contributed by atoms with E-state index >= 15 is 0 Å². The maximum Gasteiger partial charge on any atom is 0.229 e. The molecule has 4 saturated heterocycles. The highest BCUT2D eigenvalue weighted by atomic mass is 35.5. The fourth-order valence-corrected chi connectivity index (χ4v) is 17.2. The maximum atomic E-state index is 12.8. The van der Waals surface area contributed by atoms with E-state index in [4.69, 9.17) is 58.5 Å². The Morgan fingerprint density at radius 1 is 0.442 bits per heavy atom. The second-order valence-corrected chi connectivity index (χ2v) is 40.2. The van der Waals surface area contributed by atoms with Crippen molar-refractivity contribution in [2.45, 2.75) is 61.9 Å². The van der Waals surface area contributed by atoms with Crippen LogP contribution in [0.4, 0.5) is 80.8 Å². The van der Waals surface area contributed by atoms with E-state index in [2.05, 4.69) is 111 Å². The number of ether oxygens (including phenoxy) is 5. The van der Waals surface area contributed by atoms with Gasteiger partial charge in [0.1, 0.15) is 59.5 Å². The summed E-state index contributed by atoms with van der Waals surface area (Å²) < 4.78 is 88.4. The number of halogens is 3. The molecule has 4 fully saturated rings. The average molecular weight is 1680 g/mol. The predicted molar refractivity (Wildman–Crippen MR) is 463 cm³/mol. The number of methoxy groups -OCH3 is 4. The van der Waals surface area contributed by atoms with E-state index < -0.39 is 32.5 Å². The predicted octanol–water partition coefficient (Wildman–Crippen LogP) is 15.5. The first-order chi connectivity index (χ1) is 54.2. The molecule has 0 bridgehead atoms. The van der Waals surface area contributed by atoms with Crippen LogP contribution in [-0.2, 0) is 29.5 Å². The fourth-order valence-electron chi connectivity index (χ4n) is 13.5. The van der Waals surface area contributed by atoms with Crippen LogP contribution in [-0.4, -0.2) is 209 Å². The Labute approximate surface area is 680 Å². The van der Waals surface area contributed by atoms with Crippen molar-refractivity contribution in [3.05, 3.63) is 155 Å². The van der Waals surface area contributed by atoms with Crippen LogP contribution in [0.25, 0.3) is 0 Å². The second-order valence-electron chi connectivity index (χ2n) is 28.4. The van der Waals surface area contributed by atoms with Gasteiger partial charge >= 0.3 is 0 Å². The zero-order valence-corrected chi connectivity index (χ0v) is 71.7. The first-order valence-corrected chi connectivity index (χ1v) is 47.2. The van der Waals surface area contributed by atoms with Gasteiger partial charge in [0.2, 0.25) is 17.8 Å². The third kappa shape index (κ3) is 24.1. The van der Waals surface area contributed by atoms with Gasteiger partial charge in [-0.15, -0.1) is 0 Å². The minimum Gasteiger partial charge on any atom is -0.768 e.